The molecule has 3 aromatic carbocycles. The van der Waals surface area contributed by atoms with Gasteiger partial charge in [-0.15, -0.1) is 0 Å². The highest BCUT2D eigenvalue weighted by Crippen LogP contribution is 2.38. The summed E-state index contributed by atoms with van der Waals surface area (Å²) in [5.41, 5.74) is 4.53. The quantitative estimate of drug-likeness (QED) is 0.222. The molecule has 5 aromatic rings. The lowest BCUT2D eigenvalue weighted by atomic mass is 10.0. The zero-order chi connectivity index (χ0) is 30.8. The standard InChI is InChI=1S/C35H32N4O5S/c36-23-27-21-26(10-13-34(27)44-29-5-4-18-43-24-29)31-14-15-37-35-32(31)22-33(39(35)45(40,41)30-6-2-1-3-7-30)25-8-11-28(12-9-25)38-16-19-42-20-17-38/h1-3,6-15,21-22,29H,4-5,16-20,24H2. The van der Waals surface area contributed by atoms with Crippen molar-refractivity contribution in [1.29, 1.82) is 5.26 Å². The van der Waals surface area contributed by atoms with Crippen molar-refractivity contribution in [1.82, 2.24) is 8.96 Å². The monoisotopic (exact) mass is 620 g/mol. The first-order valence-corrected chi connectivity index (χ1v) is 16.5. The summed E-state index contributed by atoms with van der Waals surface area (Å²) < 4.78 is 47.0. The summed E-state index contributed by atoms with van der Waals surface area (Å²) in [6, 6.07) is 27.8. The van der Waals surface area contributed by atoms with Gasteiger partial charge in [-0.3, -0.25) is 0 Å². The third-order valence-electron chi connectivity index (χ3n) is 8.31. The van der Waals surface area contributed by atoms with Gasteiger partial charge in [-0.1, -0.05) is 36.4 Å². The van der Waals surface area contributed by atoms with Crippen LogP contribution in [0.25, 0.3) is 33.4 Å². The van der Waals surface area contributed by atoms with Gasteiger partial charge in [-0.2, -0.15) is 5.26 Å². The predicted octanol–water partition coefficient (Wildman–Crippen LogP) is 5.87. The van der Waals surface area contributed by atoms with Crippen LogP contribution in [0, 0.1) is 11.3 Å². The lowest BCUT2D eigenvalue weighted by Crippen LogP contribution is -2.36. The smallest absolute Gasteiger partial charge is 0.269 e. The molecule has 2 fully saturated rings. The number of ether oxygens (including phenoxy) is 3. The Hall–Kier alpha value is -4.69. The van der Waals surface area contributed by atoms with Crippen LogP contribution in [0.5, 0.6) is 5.75 Å². The van der Waals surface area contributed by atoms with E-state index in [0.29, 0.717) is 47.9 Å². The van der Waals surface area contributed by atoms with Crippen molar-refractivity contribution in [2.24, 2.45) is 0 Å². The molecule has 1 unspecified atom stereocenters. The number of nitrogens with zero attached hydrogens (tertiary/aromatic N) is 4. The maximum Gasteiger partial charge on any atom is 0.269 e. The Bertz CT molecular complexity index is 1970. The zero-order valence-corrected chi connectivity index (χ0v) is 25.4. The van der Waals surface area contributed by atoms with Crippen molar-refractivity contribution < 1.29 is 22.6 Å². The molecule has 4 heterocycles. The fourth-order valence-corrected chi connectivity index (χ4v) is 7.51. The van der Waals surface area contributed by atoms with E-state index in [2.05, 4.69) is 16.0 Å². The van der Waals surface area contributed by atoms with Crippen LogP contribution in [0.2, 0.25) is 0 Å². The molecule has 7 rings (SSSR count). The molecule has 0 radical (unpaired) electrons. The molecule has 0 saturated carbocycles. The topological polar surface area (TPSA) is 107 Å². The minimum absolute atomic E-state index is 0.0984. The second kappa shape index (κ2) is 12.4. The average molecular weight is 621 g/mol. The molecule has 0 aliphatic carbocycles. The van der Waals surface area contributed by atoms with Crippen LogP contribution < -0.4 is 9.64 Å². The van der Waals surface area contributed by atoms with Crippen LogP contribution in [0.15, 0.2) is 96.0 Å². The van der Waals surface area contributed by atoms with Gasteiger partial charge in [0.2, 0.25) is 0 Å². The van der Waals surface area contributed by atoms with E-state index in [-0.39, 0.29) is 11.0 Å². The fraction of sp³-hybridized carbons (Fsp3) is 0.257. The third kappa shape index (κ3) is 5.66. The molecule has 0 spiro atoms. The molecular weight excluding hydrogens is 588 g/mol. The van der Waals surface area contributed by atoms with Gasteiger partial charge in [0.05, 0.1) is 36.0 Å². The van der Waals surface area contributed by atoms with Gasteiger partial charge in [0.25, 0.3) is 10.0 Å². The molecule has 2 aliphatic rings. The fourth-order valence-electron chi connectivity index (χ4n) is 6.01. The molecule has 0 N–H and O–H groups in total. The van der Waals surface area contributed by atoms with E-state index in [0.717, 1.165) is 54.9 Å². The highest BCUT2D eigenvalue weighted by atomic mass is 32.2. The Morgan fingerprint density at radius 1 is 0.889 bits per heavy atom. The number of aromatic nitrogens is 2. The molecule has 2 aliphatic heterocycles. The van der Waals surface area contributed by atoms with E-state index in [4.69, 9.17) is 14.2 Å². The van der Waals surface area contributed by atoms with Gasteiger partial charge in [0.1, 0.15) is 17.9 Å². The van der Waals surface area contributed by atoms with Crippen LogP contribution in [0.3, 0.4) is 0 Å². The van der Waals surface area contributed by atoms with Crippen LogP contribution in [-0.2, 0) is 19.5 Å². The summed E-state index contributed by atoms with van der Waals surface area (Å²) >= 11 is 0. The average Bonchev–Trinajstić information content (AvgIpc) is 3.51. The summed E-state index contributed by atoms with van der Waals surface area (Å²) in [5, 5.41) is 10.7. The highest BCUT2D eigenvalue weighted by molar-refractivity contribution is 7.90. The maximum atomic E-state index is 14.2. The molecule has 2 aromatic heterocycles. The Morgan fingerprint density at radius 3 is 2.40 bits per heavy atom. The number of morpholine rings is 1. The molecule has 10 heteroatoms. The van der Waals surface area contributed by atoms with E-state index in [1.165, 1.54) is 3.97 Å². The van der Waals surface area contributed by atoms with Crippen LogP contribution in [0.1, 0.15) is 18.4 Å². The second-order valence-electron chi connectivity index (χ2n) is 11.1. The lowest BCUT2D eigenvalue weighted by Gasteiger charge is -2.28. The Labute approximate surface area is 262 Å². The summed E-state index contributed by atoms with van der Waals surface area (Å²) in [6.45, 7) is 4.18. The zero-order valence-electron chi connectivity index (χ0n) is 24.6. The molecule has 9 nitrogen and oxygen atoms in total. The number of rotatable bonds is 7. The summed E-state index contributed by atoms with van der Waals surface area (Å²) in [5.74, 6) is 0.507. The van der Waals surface area contributed by atoms with E-state index >= 15 is 0 Å². The largest absolute Gasteiger partial charge is 0.487 e. The van der Waals surface area contributed by atoms with Gasteiger partial charge in [-0.25, -0.2) is 17.4 Å². The number of hydrogen-bond acceptors (Lipinski definition) is 8. The van der Waals surface area contributed by atoms with Crippen molar-refractivity contribution in [3.63, 3.8) is 0 Å². The van der Waals surface area contributed by atoms with Crippen molar-refractivity contribution in [3.8, 4) is 34.2 Å². The Morgan fingerprint density at radius 2 is 1.67 bits per heavy atom. The third-order valence-corrected chi connectivity index (χ3v) is 10.0. The lowest BCUT2D eigenvalue weighted by molar-refractivity contribution is 0.00732. The number of benzene rings is 3. The summed E-state index contributed by atoms with van der Waals surface area (Å²) in [7, 11) is -4.02. The maximum absolute atomic E-state index is 14.2. The van der Waals surface area contributed by atoms with Crippen molar-refractivity contribution in [2.75, 3.05) is 44.4 Å². The van der Waals surface area contributed by atoms with E-state index in [9.17, 15) is 13.7 Å². The van der Waals surface area contributed by atoms with E-state index in [1.807, 2.05) is 42.5 Å². The minimum atomic E-state index is -4.02. The molecule has 0 amide bonds. The van der Waals surface area contributed by atoms with Crippen LogP contribution in [0.4, 0.5) is 5.69 Å². The Kier molecular flexibility index (Phi) is 7.98. The Balaban J connectivity index is 1.35. The number of nitriles is 1. The number of anilines is 1. The summed E-state index contributed by atoms with van der Waals surface area (Å²) in [6.07, 6.45) is 3.30. The number of fused-ring (bicyclic) bond motifs is 1. The number of pyridine rings is 1. The normalized spacial score (nSPS) is 17.2. The SMILES string of the molecule is N#Cc1cc(-c2ccnc3c2cc(-c2ccc(N4CCOCC4)cc2)n3S(=O)(=O)c2ccccc2)ccc1OC1CCCOC1. The summed E-state index contributed by atoms with van der Waals surface area (Å²) in [4.78, 5) is 7.01. The van der Waals surface area contributed by atoms with E-state index in [1.54, 1.807) is 48.7 Å². The van der Waals surface area contributed by atoms with Crippen molar-refractivity contribution in [2.45, 2.75) is 23.8 Å². The predicted molar refractivity (Wildman–Crippen MR) is 172 cm³/mol. The van der Waals surface area contributed by atoms with Crippen LogP contribution in [-0.4, -0.2) is 63.0 Å². The molecular formula is C35H32N4O5S. The van der Waals surface area contributed by atoms with Gasteiger partial charge >= 0.3 is 0 Å². The first-order chi connectivity index (χ1) is 22.0. The number of hydrogen-bond donors (Lipinski definition) is 0. The van der Waals surface area contributed by atoms with Gasteiger partial charge in [0, 0.05) is 37.0 Å². The first-order valence-electron chi connectivity index (χ1n) is 15.1. The van der Waals surface area contributed by atoms with Gasteiger partial charge in [0.15, 0.2) is 5.65 Å². The molecule has 45 heavy (non-hydrogen) atoms. The second-order valence-corrected chi connectivity index (χ2v) is 12.9. The van der Waals surface area contributed by atoms with Gasteiger partial charge in [-0.05, 0) is 78.1 Å². The van der Waals surface area contributed by atoms with Crippen molar-refractivity contribution >= 4 is 26.7 Å². The van der Waals surface area contributed by atoms with Gasteiger partial charge < -0.3 is 19.1 Å². The minimum Gasteiger partial charge on any atom is -0.487 e. The molecule has 2 saturated heterocycles. The molecule has 1 atom stereocenters. The van der Waals surface area contributed by atoms with Crippen molar-refractivity contribution in [3.05, 3.63) is 96.7 Å². The van der Waals surface area contributed by atoms with E-state index < -0.39 is 10.0 Å². The molecule has 0 bridgehead atoms. The molecule has 228 valence electrons. The first kappa shape index (κ1) is 29.0. The van der Waals surface area contributed by atoms with Crippen LogP contribution >= 0.6 is 0 Å². The highest BCUT2D eigenvalue weighted by Gasteiger charge is 2.27.